The lowest BCUT2D eigenvalue weighted by molar-refractivity contribution is -0.383. The highest BCUT2D eigenvalue weighted by atomic mass is 35.5. The van der Waals surface area contributed by atoms with Gasteiger partial charge >= 0.3 is 0 Å². The Balaban J connectivity index is 1.71. The maximum absolute atomic E-state index is 12.7. The van der Waals surface area contributed by atoms with Crippen LogP contribution < -0.4 is 10.2 Å². The van der Waals surface area contributed by atoms with Crippen LogP contribution in [0.5, 0.6) is 0 Å². The van der Waals surface area contributed by atoms with Gasteiger partial charge in [0.25, 0.3) is 11.6 Å². The molecule has 1 heterocycles. The van der Waals surface area contributed by atoms with Gasteiger partial charge in [0, 0.05) is 44.5 Å². The molecule has 3 rings (SSSR count). The number of carbonyl (C=O) groups is 1. The van der Waals surface area contributed by atoms with E-state index in [1.54, 1.807) is 47.4 Å². The molecule has 146 valence electrons. The summed E-state index contributed by atoms with van der Waals surface area (Å²) in [6, 6.07) is 12.0. The SMILES string of the molecule is C=CCNc1cc(N2CCN(C(=O)c3ccccc3Cl)CC2)ccc1[N+](=O)[O-]. The van der Waals surface area contributed by atoms with Crippen LogP contribution in [0.3, 0.4) is 0 Å². The van der Waals surface area contributed by atoms with Crippen molar-refractivity contribution < 1.29 is 9.72 Å². The largest absolute Gasteiger partial charge is 0.376 e. The monoisotopic (exact) mass is 400 g/mol. The van der Waals surface area contributed by atoms with E-state index in [9.17, 15) is 14.9 Å². The first-order chi connectivity index (χ1) is 13.5. The number of carbonyl (C=O) groups excluding carboxylic acids is 1. The van der Waals surface area contributed by atoms with Gasteiger partial charge in [-0.3, -0.25) is 14.9 Å². The molecular formula is C20H21ClN4O3. The molecule has 8 heteroatoms. The lowest BCUT2D eigenvalue weighted by atomic mass is 10.1. The number of nitrogens with zero attached hydrogens (tertiary/aromatic N) is 3. The Hall–Kier alpha value is -3.06. The minimum Gasteiger partial charge on any atom is -0.376 e. The molecule has 28 heavy (non-hydrogen) atoms. The molecular weight excluding hydrogens is 380 g/mol. The Morgan fingerprint density at radius 1 is 1.21 bits per heavy atom. The first kappa shape index (κ1) is 19.7. The zero-order valence-electron chi connectivity index (χ0n) is 15.3. The Labute approximate surface area is 168 Å². The summed E-state index contributed by atoms with van der Waals surface area (Å²) in [5, 5.41) is 14.7. The van der Waals surface area contributed by atoms with Crippen molar-refractivity contribution in [2.24, 2.45) is 0 Å². The molecule has 2 aromatic carbocycles. The number of amides is 1. The van der Waals surface area contributed by atoms with Gasteiger partial charge in [0.2, 0.25) is 0 Å². The lowest BCUT2D eigenvalue weighted by Gasteiger charge is -2.36. The molecule has 1 aliphatic heterocycles. The maximum Gasteiger partial charge on any atom is 0.292 e. The summed E-state index contributed by atoms with van der Waals surface area (Å²) in [6.45, 7) is 6.44. The molecule has 0 saturated carbocycles. The van der Waals surface area contributed by atoms with Crippen LogP contribution in [0.1, 0.15) is 10.4 Å². The van der Waals surface area contributed by atoms with E-state index in [1.807, 2.05) is 0 Å². The van der Waals surface area contributed by atoms with Gasteiger partial charge in [0.1, 0.15) is 5.69 Å². The fraction of sp³-hybridized carbons (Fsp3) is 0.250. The topological polar surface area (TPSA) is 78.7 Å². The third kappa shape index (κ3) is 4.26. The van der Waals surface area contributed by atoms with Crippen LogP contribution in [0.4, 0.5) is 17.1 Å². The zero-order valence-corrected chi connectivity index (χ0v) is 16.1. The highest BCUT2D eigenvalue weighted by molar-refractivity contribution is 6.33. The standard InChI is InChI=1S/C20H21ClN4O3/c1-2-9-22-18-14-15(7-8-19(18)25(27)28)23-10-12-24(13-11-23)20(26)16-5-3-4-6-17(16)21/h2-8,14,22H,1,9-13H2. The van der Waals surface area contributed by atoms with E-state index in [0.717, 1.165) is 5.69 Å². The fourth-order valence-corrected chi connectivity index (χ4v) is 3.39. The minimum absolute atomic E-state index is 0.0260. The van der Waals surface area contributed by atoms with Gasteiger partial charge in [-0.1, -0.05) is 29.8 Å². The van der Waals surface area contributed by atoms with E-state index < -0.39 is 4.92 Å². The number of hydrogen-bond acceptors (Lipinski definition) is 5. The van der Waals surface area contributed by atoms with Gasteiger partial charge in [0.15, 0.2) is 0 Å². The molecule has 1 amide bonds. The summed E-state index contributed by atoms with van der Waals surface area (Å²) >= 11 is 6.14. The first-order valence-corrected chi connectivity index (χ1v) is 9.31. The molecule has 1 fully saturated rings. The molecule has 1 aliphatic rings. The highest BCUT2D eigenvalue weighted by Gasteiger charge is 2.24. The summed E-state index contributed by atoms with van der Waals surface area (Å²) in [4.78, 5) is 27.4. The fourth-order valence-electron chi connectivity index (χ4n) is 3.18. The number of benzene rings is 2. The van der Waals surface area contributed by atoms with Crippen molar-refractivity contribution in [1.82, 2.24) is 4.90 Å². The van der Waals surface area contributed by atoms with E-state index >= 15 is 0 Å². The van der Waals surface area contributed by atoms with Gasteiger partial charge in [-0.25, -0.2) is 0 Å². The van der Waals surface area contributed by atoms with Gasteiger partial charge in [-0.05, 0) is 24.3 Å². The Kier molecular flexibility index (Phi) is 6.16. The van der Waals surface area contributed by atoms with Crippen LogP contribution in [-0.2, 0) is 0 Å². The van der Waals surface area contributed by atoms with E-state index in [1.165, 1.54) is 6.07 Å². The number of nitro groups is 1. The summed E-state index contributed by atoms with van der Waals surface area (Å²) in [6.07, 6.45) is 1.65. The van der Waals surface area contributed by atoms with Crippen molar-refractivity contribution in [3.05, 3.63) is 75.8 Å². The Morgan fingerprint density at radius 3 is 2.57 bits per heavy atom. The second-order valence-corrected chi connectivity index (χ2v) is 6.79. The Bertz CT molecular complexity index is 895. The lowest BCUT2D eigenvalue weighted by Crippen LogP contribution is -2.48. The smallest absolute Gasteiger partial charge is 0.292 e. The quantitative estimate of drug-likeness (QED) is 0.453. The summed E-state index contributed by atoms with van der Waals surface area (Å²) < 4.78 is 0. The molecule has 1 N–H and O–H groups in total. The third-order valence-corrected chi connectivity index (χ3v) is 4.98. The predicted molar refractivity (Wildman–Crippen MR) is 111 cm³/mol. The number of halogens is 1. The molecule has 0 aromatic heterocycles. The molecule has 7 nitrogen and oxygen atoms in total. The van der Waals surface area contributed by atoms with Gasteiger partial charge < -0.3 is 15.1 Å². The molecule has 2 aromatic rings. The second-order valence-electron chi connectivity index (χ2n) is 6.39. The van der Waals surface area contributed by atoms with Gasteiger partial charge in [0.05, 0.1) is 15.5 Å². The predicted octanol–water partition coefficient (Wildman–Crippen LogP) is 3.81. The van der Waals surface area contributed by atoms with Crippen molar-refractivity contribution in [2.75, 3.05) is 42.9 Å². The number of rotatable bonds is 6. The second kappa shape index (κ2) is 8.75. The highest BCUT2D eigenvalue weighted by Crippen LogP contribution is 2.30. The molecule has 0 unspecified atom stereocenters. The van der Waals surface area contributed by atoms with Crippen LogP contribution in [0, 0.1) is 10.1 Å². The van der Waals surface area contributed by atoms with Gasteiger partial charge in [-0.15, -0.1) is 6.58 Å². The average molecular weight is 401 g/mol. The van der Waals surface area contributed by atoms with Crippen molar-refractivity contribution in [1.29, 1.82) is 0 Å². The number of anilines is 2. The van der Waals surface area contributed by atoms with Crippen molar-refractivity contribution in [2.45, 2.75) is 0 Å². The van der Waals surface area contributed by atoms with Crippen LogP contribution in [0.15, 0.2) is 55.1 Å². The zero-order chi connectivity index (χ0) is 20.1. The van der Waals surface area contributed by atoms with Crippen LogP contribution >= 0.6 is 11.6 Å². The van der Waals surface area contributed by atoms with Crippen molar-refractivity contribution in [3.8, 4) is 0 Å². The number of nitrogens with one attached hydrogen (secondary N) is 1. The molecule has 0 bridgehead atoms. The maximum atomic E-state index is 12.7. The van der Waals surface area contributed by atoms with E-state index in [0.29, 0.717) is 49.0 Å². The number of piperazine rings is 1. The summed E-state index contributed by atoms with van der Waals surface area (Å²) in [7, 11) is 0. The molecule has 0 atom stereocenters. The summed E-state index contributed by atoms with van der Waals surface area (Å²) in [5.41, 5.74) is 1.86. The van der Waals surface area contributed by atoms with Crippen LogP contribution in [0.2, 0.25) is 5.02 Å². The van der Waals surface area contributed by atoms with Gasteiger partial charge in [-0.2, -0.15) is 0 Å². The molecule has 0 radical (unpaired) electrons. The minimum atomic E-state index is -0.407. The third-order valence-electron chi connectivity index (χ3n) is 4.65. The van der Waals surface area contributed by atoms with E-state index in [2.05, 4.69) is 16.8 Å². The van der Waals surface area contributed by atoms with Crippen LogP contribution in [0.25, 0.3) is 0 Å². The van der Waals surface area contributed by atoms with E-state index in [-0.39, 0.29) is 11.6 Å². The van der Waals surface area contributed by atoms with Crippen molar-refractivity contribution in [3.63, 3.8) is 0 Å². The summed E-state index contributed by atoms with van der Waals surface area (Å²) in [5.74, 6) is -0.0812. The van der Waals surface area contributed by atoms with Crippen molar-refractivity contribution >= 4 is 34.6 Å². The average Bonchev–Trinajstić information content (AvgIpc) is 2.72. The molecule has 0 spiro atoms. The normalized spacial score (nSPS) is 13.9. The molecule has 1 saturated heterocycles. The number of nitro benzene ring substituents is 1. The number of hydrogen-bond donors (Lipinski definition) is 1. The van der Waals surface area contributed by atoms with Crippen LogP contribution in [-0.4, -0.2) is 48.5 Å². The van der Waals surface area contributed by atoms with E-state index in [4.69, 9.17) is 11.6 Å². The molecule has 0 aliphatic carbocycles. The Morgan fingerprint density at radius 2 is 1.93 bits per heavy atom. The first-order valence-electron chi connectivity index (χ1n) is 8.93.